The zero-order chi connectivity index (χ0) is 13.4. The van der Waals surface area contributed by atoms with Crippen LogP contribution in [-0.4, -0.2) is 64.8 Å². The summed E-state index contributed by atoms with van der Waals surface area (Å²) in [6.07, 6.45) is 0.846. The lowest BCUT2D eigenvalue weighted by Crippen LogP contribution is -2.61. The number of hydrogen-bond acceptors (Lipinski definition) is 5. The first-order chi connectivity index (χ1) is 8.52. The van der Waals surface area contributed by atoms with Crippen LogP contribution in [0.2, 0.25) is 0 Å². The van der Waals surface area contributed by atoms with Gasteiger partial charge in [-0.15, -0.1) is 0 Å². The Kier molecular flexibility index (Phi) is 3.04. The van der Waals surface area contributed by atoms with E-state index in [1.807, 2.05) is 6.92 Å². The Labute approximate surface area is 105 Å². The van der Waals surface area contributed by atoms with Crippen LogP contribution in [0.15, 0.2) is 4.99 Å². The van der Waals surface area contributed by atoms with Gasteiger partial charge in [-0.05, 0) is 6.42 Å². The van der Waals surface area contributed by atoms with Gasteiger partial charge in [-0.3, -0.25) is 14.6 Å². The van der Waals surface area contributed by atoms with Crippen LogP contribution in [0.25, 0.3) is 0 Å². The SMILES string of the molecule is CCC[N+]1=C(NN)N=C2C1C(=O)N(C)C(=O)N2C. The van der Waals surface area contributed by atoms with Crippen LogP contribution in [0.3, 0.4) is 0 Å². The molecule has 0 bridgehead atoms. The number of nitrogens with two attached hydrogens (primary N) is 1. The van der Waals surface area contributed by atoms with Gasteiger partial charge in [0.1, 0.15) is 0 Å². The predicted molar refractivity (Wildman–Crippen MR) is 64.9 cm³/mol. The van der Waals surface area contributed by atoms with E-state index in [2.05, 4.69) is 10.4 Å². The maximum Gasteiger partial charge on any atom is 0.407 e. The Morgan fingerprint density at radius 3 is 2.61 bits per heavy atom. The number of urea groups is 1. The zero-order valence-corrected chi connectivity index (χ0v) is 10.7. The molecular weight excluding hydrogens is 236 g/mol. The standard InChI is InChI=1S/C10H16N6O2/c1-4-5-16-6-7(12-9(16)13-11)14(2)10(18)15(3)8(6)17/h6H,4-5,11H2,1-3H3/p+1. The largest absolute Gasteiger partial charge is 0.407 e. The molecule has 18 heavy (non-hydrogen) atoms. The highest BCUT2D eigenvalue weighted by molar-refractivity contribution is 6.22. The molecule has 3 N–H and O–H groups in total. The molecule has 0 aromatic heterocycles. The van der Waals surface area contributed by atoms with Crippen molar-refractivity contribution in [3.8, 4) is 0 Å². The monoisotopic (exact) mass is 253 g/mol. The molecule has 1 saturated heterocycles. The van der Waals surface area contributed by atoms with Gasteiger partial charge >= 0.3 is 12.0 Å². The molecule has 2 aliphatic rings. The van der Waals surface area contributed by atoms with E-state index in [9.17, 15) is 9.59 Å². The van der Waals surface area contributed by atoms with Crippen molar-refractivity contribution in [3.63, 3.8) is 0 Å². The number of amides is 3. The number of rotatable bonds is 2. The number of carbonyl (C=O) groups excluding carboxylic acids is 2. The molecule has 0 spiro atoms. The van der Waals surface area contributed by atoms with Gasteiger partial charge in [0.2, 0.25) is 11.9 Å². The number of fused-ring (bicyclic) bond motifs is 1. The maximum absolute atomic E-state index is 12.2. The van der Waals surface area contributed by atoms with Crippen molar-refractivity contribution in [3.05, 3.63) is 0 Å². The van der Waals surface area contributed by atoms with Gasteiger partial charge in [0, 0.05) is 14.1 Å². The van der Waals surface area contributed by atoms with Gasteiger partial charge in [0.25, 0.3) is 5.91 Å². The summed E-state index contributed by atoms with van der Waals surface area (Å²) in [6.45, 7) is 2.64. The highest BCUT2D eigenvalue weighted by Gasteiger charge is 2.50. The number of amidine groups is 1. The molecule has 0 aromatic rings. The molecule has 3 amide bonds. The molecule has 2 aliphatic heterocycles. The molecular formula is C10H17N6O2+. The number of imide groups is 1. The third-order valence-corrected chi connectivity index (χ3v) is 3.12. The summed E-state index contributed by atoms with van der Waals surface area (Å²) in [5, 5.41) is 0. The molecule has 1 fully saturated rings. The fourth-order valence-corrected chi connectivity index (χ4v) is 2.19. The molecule has 0 saturated carbocycles. The second kappa shape index (κ2) is 4.37. The van der Waals surface area contributed by atoms with Gasteiger partial charge < -0.3 is 0 Å². The molecule has 1 unspecified atom stereocenters. The molecule has 0 aliphatic carbocycles. The lowest BCUT2D eigenvalue weighted by atomic mass is 10.1. The lowest BCUT2D eigenvalue weighted by molar-refractivity contribution is -0.537. The van der Waals surface area contributed by atoms with E-state index in [1.165, 1.54) is 11.9 Å². The van der Waals surface area contributed by atoms with E-state index in [4.69, 9.17) is 5.84 Å². The van der Waals surface area contributed by atoms with Crippen LogP contribution in [0.4, 0.5) is 4.79 Å². The Balaban J connectivity index is 2.44. The van der Waals surface area contributed by atoms with E-state index >= 15 is 0 Å². The minimum Gasteiger partial charge on any atom is -0.270 e. The summed E-state index contributed by atoms with van der Waals surface area (Å²) < 4.78 is 1.77. The van der Waals surface area contributed by atoms with Gasteiger partial charge in [0.05, 0.1) is 6.54 Å². The number of nitrogens with one attached hydrogen (secondary N) is 1. The Morgan fingerprint density at radius 2 is 2.06 bits per heavy atom. The highest BCUT2D eigenvalue weighted by Crippen LogP contribution is 2.18. The zero-order valence-electron chi connectivity index (χ0n) is 10.7. The number of aliphatic imine (C=N–C) groups is 1. The van der Waals surface area contributed by atoms with Crippen LogP contribution in [0.1, 0.15) is 13.3 Å². The Morgan fingerprint density at radius 1 is 1.39 bits per heavy atom. The van der Waals surface area contributed by atoms with E-state index in [0.717, 1.165) is 11.3 Å². The van der Waals surface area contributed by atoms with Gasteiger partial charge in [-0.2, -0.15) is 5.84 Å². The summed E-state index contributed by atoms with van der Waals surface area (Å²) >= 11 is 0. The second-order valence-electron chi connectivity index (χ2n) is 4.27. The number of nitrogens with zero attached hydrogens (tertiary/aromatic N) is 4. The van der Waals surface area contributed by atoms with Crippen molar-refractivity contribution in [2.45, 2.75) is 19.4 Å². The van der Waals surface area contributed by atoms with E-state index in [0.29, 0.717) is 18.3 Å². The summed E-state index contributed by atoms with van der Waals surface area (Å²) in [5.74, 6) is 5.96. The number of guanidine groups is 1. The number of likely N-dealkylation sites (N-methyl/N-ethyl adjacent to an activating group) is 2. The minimum atomic E-state index is -0.566. The van der Waals surface area contributed by atoms with Crippen LogP contribution in [-0.2, 0) is 4.79 Å². The van der Waals surface area contributed by atoms with Crippen molar-refractivity contribution in [2.24, 2.45) is 10.8 Å². The summed E-state index contributed by atoms with van der Waals surface area (Å²) in [4.78, 5) is 30.7. The predicted octanol–water partition coefficient (Wildman–Crippen LogP) is -1.47. The fourth-order valence-electron chi connectivity index (χ4n) is 2.19. The van der Waals surface area contributed by atoms with Gasteiger partial charge in [-0.25, -0.2) is 14.8 Å². The van der Waals surface area contributed by atoms with E-state index in [-0.39, 0.29) is 11.9 Å². The quantitative estimate of drug-likeness (QED) is 0.357. The first kappa shape index (κ1) is 12.5. The number of hydrazine groups is 1. The number of carbonyl (C=O) groups is 2. The summed E-state index contributed by atoms with van der Waals surface area (Å²) in [6, 6.07) is -0.951. The normalized spacial score (nSPS) is 23.6. The summed E-state index contributed by atoms with van der Waals surface area (Å²) in [5.41, 5.74) is 2.47. The fraction of sp³-hybridized carbons (Fsp3) is 0.600. The van der Waals surface area contributed by atoms with Crippen LogP contribution in [0, 0.1) is 0 Å². The first-order valence-corrected chi connectivity index (χ1v) is 5.77. The van der Waals surface area contributed by atoms with Crippen LogP contribution in [0.5, 0.6) is 0 Å². The molecule has 8 heteroatoms. The lowest BCUT2D eigenvalue weighted by Gasteiger charge is -2.31. The first-order valence-electron chi connectivity index (χ1n) is 5.77. The van der Waals surface area contributed by atoms with Crippen molar-refractivity contribution < 1.29 is 14.2 Å². The summed E-state index contributed by atoms with van der Waals surface area (Å²) in [7, 11) is 3.07. The number of hydrogen-bond donors (Lipinski definition) is 2. The van der Waals surface area contributed by atoms with Crippen molar-refractivity contribution in [1.29, 1.82) is 0 Å². The third kappa shape index (κ3) is 1.57. The third-order valence-electron chi connectivity index (χ3n) is 3.12. The molecule has 8 nitrogen and oxygen atoms in total. The second-order valence-corrected chi connectivity index (χ2v) is 4.27. The van der Waals surface area contributed by atoms with E-state index in [1.54, 1.807) is 11.6 Å². The van der Waals surface area contributed by atoms with Crippen LogP contribution >= 0.6 is 0 Å². The topological polar surface area (TPSA) is 94.0 Å². The maximum atomic E-state index is 12.2. The van der Waals surface area contributed by atoms with Crippen LogP contribution < -0.4 is 11.3 Å². The highest BCUT2D eigenvalue weighted by atomic mass is 16.2. The smallest absolute Gasteiger partial charge is 0.270 e. The molecule has 1 atom stereocenters. The van der Waals surface area contributed by atoms with Crippen molar-refractivity contribution in [1.82, 2.24) is 15.2 Å². The van der Waals surface area contributed by atoms with E-state index < -0.39 is 6.04 Å². The van der Waals surface area contributed by atoms with Crippen molar-refractivity contribution >= 4 is 23.7 Å². The Bertz CT molecular complexity index is 469. The average Bonchev–Trinajstić information content (AvgIpc) is 2.73. The average molecular weight is 253 g/mol. The van der Waals surface area contributed by atoms with Gasteiger partial charge in [0.15, 0.2) is 0 Å². The molecule has 0 aromatic carbocycles. The molecule has 0 radical (unpaired) electrons. The van der Waals surface area contributed by atoms with Gasteiger partial charge in [-0.1, -0.05) is 11.9 Å². The van der Waals surface area contributed by atoms with Crippen molar-refractivity contribution in [2.75, 3.05) is 20.6 Å². The minimum absolute atomic E-state index is 0.282. The molecule has 98 valence electrons. The molecule has 2 rings (SSSR count). The Hall–Kier alpha value is -1.96. The molecule has 2 heterocycles.